The van der Waals surface area contributed by atoms with E-state index >= 15 is 0 Å². The Morgan fingerprint density at radius 3 is 0.794 bits per heavy atom. The van der Waals surface area contributed by atoms with E-state index in [-0.39, 0.29) is 24.8 Å². The van der Waals surface area contributed by atoms with Gasteiger partial charge in [0.15, 0.2) is 0 Å². The van der Waals surface area contributed by atoms with Crippen LogP contribution in [0.15, 0.2) is 84.2 Å². The maximum Gasteiger partial charge on any atom is -0.147 e. The quantitative estimate of drug-likeness (QED) is 0.248. The minimum Gasteiger partial charge on any atom is -0.147 e. The summed E-state index contributed by atoms with van der Waals surface area (Å²) in [6, 6.07) is 0. The fourth-order valence-corrected chi connectivity index (χ4v) is 27.0. The Bertz CT molecular complexity index is 952. The maximum absolute atomic E-state index is 2.46. The number of halogens is 2. The van der Waals surface area contributed by atoms with Crippen molar-refractivity contribution in [2.45, 2.75) is 81.1 Å². The van der Waals surface area contributed by atoms with Crippen LogP contribution in [0.1, 0.15) is 81.1 Å². The van der Waals surface area contributed by atoms with Crippen molar-refractivity contribution in [2.24, 2.45) is 0 Å². The molecule has 0 saturated heterocycles. The first-order valence-electron chi connectivity index (χ1n) is 12.0. The van der Waals surface area contributed by atoms with Gasteiger partial charge in [0.2, 0.25) is 0 Å². The summed E-state index contributed by atoms with van der Waals surface area (Å²) in [4.78, 5) is 0. The fraction of sp³-hybridized carbons (Fsp3) is 0.400. The number of hydrogen-bond donors (Lipinski definition) is 0. The first kappa shape index (κ1) is 32.0. The molecule has 0 spiro atoms. The van der Waals surface area contributed by atoms with Crippen LogP contribution in [0.5, 0.6) is 0 Å². The van der Waals surface area contributed by atoms with Gasteiger partial charge in [-0.3, -0.25) is 0 Å². The van der Waals surface area contributed by atoms with Crippen molar-refractivity contribution in [3.8, 4) is 0 Å². The molecule has 0 bridgehead atoms. The molecule has 0 atom stereocenters. The van der Waals surface area contributed by atoms with Crippen LogP contribution in [0, 0.1) is 0 Å². The van der Waals surface area contributed by atoms with E-state index in [2.05, 4.69) is 104 Å². The van der Waals surface area contributed by atoms with E-state index in [4.69, 9.17) is 0 Å². The first-order chi connectivity index (χ1) is 15.2. The normalized spacial score (nSPS) is 17.9. The summed E-state index contributed by atoms with van der Waals surface area (Å²) >= 11 is -3.54. The van der Waals surface area contributed by atoms with Gasteiger partial charge in [0, 0.05) is 0 Å². The standard InChI is InChI=1S/4C6H7.2C3H6.2ClH.2Hf/c4*1-6-4-2-3-5-6;2*1-3-2;;;;/h4*4-5H,2H2,1H3;2*1-2H3;2*1H;;. The Balaban J connectivity index is 0.000000321. The van der Waals surface area contributed by atoms with Gasteiger partial charge in [-0.05, 0) is 0 Å². The van der Waals surface area contributed by atoms with Gasteiger partial charge in [-0.2, -0.15) is 0 Å². The van der Waals surface area contributed by atoms with Crippen LogP contribution < -0.4 is 0 Å². The van der Waals surface area contributed by atoms with Crippen molar-refractivity contribution in [2.75, 3.05) is 0 Å². The van der Waals surface area contributed by atoms with E-state index in [1.165, 1.54) is 48.0 Å². The average molecular weight is 831 g/mol. The molecule has 0 radical (unpaired) electrons. The molecular formula is C30H42Cl2Hf2. The summed E-state index contributed by atoms with van der Waals surface area (Å²) in [5, 5.41) is 0. The van der Waals surface area contributed by atoms with Crippen molar-refractivity contribution in [1.29, 1.82) is 0 Å². The van der Waals surface area contributed by atoms with E-state index < -0.39 is 41.9 Å². The van der Waals surface area contributed by atoms with Gasteiger partial charge in [-0.1, -0.05) is 0 Å². The molecule has 0 aliphatic heterocycles. The summed E-state index contributed by atoms with van der Waals surface area (Å²) in [5.74, 6) is 0. The number of rotatable bonds is 4. The van der Waals surface area contributed by atoms with Gasteiger partial charge < -0.3 is 0 Å². The topological polar surface area (TPSA) is 0 Å². The number of hydrogen-bond acceptors (Lipinski definition) is 0. The maximum atomic E-state index is 2.46. The van der Waals surface area contributed by atoms with Gasteiger partial charge in [0.1, 0.15) is 0 Å². The summed E-state index contributed by atoms with van der Waals surface area (Å²) in [7, 11) is 0. The molecule has 0 N–H and O–H groups in total. The molecule has 0 aromatic rings. The second-order valence-electron chi connectivity index (χ2n) is 10.0. The molecule has 0 nitrogen and oxygen atoms in total. The Morgan fingerprint density at radius 2 is 0.676 bits per heavy atom. The zero-order chi connectivity index (χ0) is 23.4. The van der Waals surface area contributed by atoms with Crippen molar-refractivity contribution >= 4 is 31.3 Å². The third-order valence-electron chi connectivity index (χ3n) is 6.47. The van der Waals surface area contributed by atoms with Crippen LogP contribution in [-0.4, -0.2) is 6.51 Å². The largest absolute Gasteiger partial charge is 0.147 e. The van der Waals surface area contributed by atoms with Gasteiger partial charge >= 0.3 is 214 Å². The summed E-state index contributed by atoms with van der Waals surface area (Å²) in [6.07, 6.45) is 24.3. The van der Waals surface area contributed by atoms with E-state index in [0.29, 0.717) is 0 Å². The van der Waals surface area contributed by atoms with E-state index in [9.17, 15) is 0 Å². The SMILES string of the molecule is CC1=CC[C]([Hf]([C]2=CC(C)=CC2)=[C](C)C)=C1.CC1=CC[C]([Hf]([C]2=CC(C)=CC2)=[C](C)C)=C1.Cl.Cl. The molecule has 0 aromatic carbocycles. The van der Waals surface area contributed by atoms with Crippen LogP contribution in [0.2, 0.25) is 0 Å². The molecule has 4 aliphatic rings. The van der Waals surface area contributed by atoms with Crippen LogP contribution in [0.25, 0.3) is 0 Å². The Kier molecular flexibility index (Phi) is 13.8. The molecule has 0 unspecified atom stereocenters. The Labute approximate surface area is 236 Å². The second kappa shape index (κ2) is 14.7. The molecule has 184 valence electrons. The molecule has 4 rings (SSSR count). The van der Waals surface area contributed by atoms with E-state index in [1.54, 1.807) is 19.8 Å². The molecule has 0 saturated carbocycles. The van der Waals surface area contributed by atoms with Crippen molar-refractivity contribution < 1.29 is 41.9 Å². The molecule has 34 heavy (non-hydrogen) atoms. The predicted octanol–water partition coefficient (Wildman–Crippen LogP) is 9.41. The first-order valence-corrected chi connectivity index (χ1v) is 22.8. The third kappa shape index (κ3) is 8.53. The minimum atomic E-state index is -1.77. The van der Waals surface area contributed by atoms with E-state index in [1.807, 2.05) is 0 Å². The van der Waals surface area contributed by atoms with Crippen LogP contribution in [0.4, 0.5) is 0 Å². The monoisotopic (exact) mass is 832 g/mol. The predicted molar refractivity (Wildman–Crippen MR) is 153 cm³/mol. The molecular weight excluding hydrogens is 788 g/mol. The summed E-state index contributed by atoms with van der Waals surface area (Å²) in [6.45, 7) is 18.3. The van der Waals surface area contributed by atoms with Gasteiger partial charge in [0.25, 0.3) is 0 Å². The molecule has 0 fully saturated rings. The fourth-order valence-electron chi connectivity index (χ4n) is 5.05. The average Bonchev–Trinajstić information content (AvgIpc) is 3.48. The molecule has 4 aliphatic carbocycles. The smallest absolute Gasteiger partial charge is 0.147 e. The zero-order valence-electron chi connectivity index (χ0n) is 22.3. The third-order valence-corrected chi connectivity index (χ3v) is 27.9. The van der Waals surface area contributed by atoms with E-state index in [0.717, 1.165) is 0 Å². The molecule has 0 heterocycles. The van der Waals surface area contributed by atoms with Crippen LogP contribution in [0.3, 0.4) is 0 Å². The van der Waals surface area contributed by atoms with Gasteiger partial charge in [-0.25, -0.2) is 0 Å². The molecule has 4 heteroatoms. The number of allylic oxidation sites excluding steroid dienone is 16. The van der Waals surface area contributed by atoms with Crippen LogP contribution >= 0.6 is 24.8 Å². The van der Waals surface area contributed by atoms with Crippen molar-refractivity contribution in [1.82, 2.24) is 0 Å². The second-order valence-corrected chi connectivity index (χ2v) is 31.8. The molecule has 0 aromatic heterocycles. The zero-order valence-corrected chi connectivity index (χ0v) is 31.1. The molecule has 0 amide bonds. The van der Waals surface area contributed by atoms with Gasteiger partial charge in [0.05, 0.1) is 0 Å². The Morgan fingerprint density at radius 1 is 0.471 bits per heavy atom. The van der Waals surface area contributed by atoms with Crippen molar-refractivity contribution in [3.05, 3.63) is 84.2 Å². The Hall–Kier alpha value is -0.0197. The van der Waals surface area contributed by atoms with Crippen LogP contribution in [-0.2, 0) is 41.9 Å². The van der Waals surface area contributed by atoms with Crippen molar-refractivity contribution in [3.63, 3.8) is 0 Å². The minimum absolute atomic E-state index is 0. The van der Waals surface area contributed by atoms with Gasteiger partial charge in [-0.15, -0.1) is 24.8 Å². The summed E-state index contributed by atoms with van der Waals surface area (Å²) in [5.41, 5.74) is 5.90. The summed E-state index contributed by atoms with van der Waals surface area (Å²) < 4.78 is 10.6.